The van der Waals surface area contributed by atoms with Gasteiger partial charge in [0.1, 0.15) is 5.78 Å². The van der Waals surface area contributed by atoms with Gasteiger partial charge >= 0.3 is 0 Å². The van der Waals surface area contributed by atoms with Crippen molar-refractivity contribution in [2.45, 2.75) is 58.9 Å². The first-order valence-corrected chi connectivity index (χ1v) is 5.33. The molecule has 0 rings (SSSR count). The van der Waals surface area contributed by atoms with E-state index in [4.69, 9.17) is 5.73 Å². The van der Waals surface area contributed by atoms with Crippen LogP contribution in [0.2, 0.25) is 0 Å². The number of Topliss-reactive ketones (excluding diaryl/α,β-unsaturated/α-hetero) is 1. The Morgan fingerprint density at radius 3 is 2.38 bits per heavy atom. The van der Waals surface area contributed by atoms with Crippen LogP contribution in [0.25, 0.3) is 0 Å². The summed E-state index contributed by atoms with van der Waals surface area (Å²) < 4.78 is 0. The van der Waals surface area contributed by atoms with Crippen LogP contribution in [0.5, 0.6) is 0 Å². The van der Waals surface area contributed by atoms with Crippen molar-refractivity contribution in [3.05, 3.63) is 0 Å². The molecule has 2 unspecified atom stereocenters. The van der Waals surface area contributed by atoms with Crippen LogP contribution >= 0.6 is 0 Å². The van der Waals surface area contributed by atoms with Gasteiger partial charge in [0, 0.05) is 12.5 Å². The van der Waals surface area contributed by atoms with Crippen molar-refractivity contribution in [3.63, 3.8) is 0 Å². The second-order valence-electron chi connectivity index (χ2n) is 4.00. The second-order valence-corrected chi connectivity index (χ2v) is 4.00. The van der Waals surface area contributed by atoms with Gasteiger partial charge in [0.05, 0.1) is 0 Å². The fourth-order valence-electron chi connectivity index (χ4n) is 1.65. The predicted molar refractivity (Wildman–Crippen MR) is 56.6 cm³/mol. The van der Waals surface area contributed by atoms with Crippen molar-refractivity contribution < 1.29 is 4.79 Å². The lowest BCUT2D eigenvalue weighted by Crippen LogP contribution is -2.26. The molecule has 0 aliphatic rings. The lowest BCUT2D eigenvalue weighted by Gasteiger charge is -2.19. The molecule has 2 nitrogen and oxygen atoms in total. The molecule has 13 heavy (non-hydrogen) atoms. The van der Waals surface area contributed by atoms with Gasteiger partial charge in [0.25, 0.3) is 0 Å². The minimum absolute atomic E-state index is 0.270. The van der Waals surface area contributed by atoms with E-state index in [-0.39, 0.29) is 6.04 Å². The topological polar surface area (TPSA) is 43.1 Å². The molecular weight excluding hydrogens is 162 g/mol. The number of carbonyl (C=O) groups is 1. The molecule has 0 radical (unpaired) electrons. The maximum Gasteiger partial charge on any atom is 0.129 e. The largest absolute Gasteiger partial charge is 0.328 e. The summed E-state index contributed by atoms with van der Waals surface area (Å²) in [4.78, 5) is 10.7. The molecular formula is C11H23NO. The van der Waals surface area contributed by atoms with Crippen molar-refractivity contribution in [1.82, 2.24) is 0 Å². The number of nitrogens with two attached hydrogens (primary N) is 1. The van der Waals surface area contributed by atoms with Crippen LogP contribution in [-0.2, 0) is 4.79 Å². The molecule has 0 spiro atoms. The molecule has 2 heteroatoms. The van der Waals surface area contributed by atoms with Crippen LogP contribution < -0.4 is 5.73 Å². The zero-order chi connectivity index (χ0) is 10.3. The summed E-state index contributed by atoms with van der Waals surface area (Å²) in [6.45, 7) is 5.90. The van der Waals surface area contributed by atoms with Crippen molar-refractivity contribution in [3.8, 4) is 0 Å². The molecule has 0 heterocycles. The number of hydrogen-bond donors (Lipinski definition) is 1. The van der Waals surface area contributed by atoms with Crippen LogP contribution in [0.4, 0.5) is 0 Å². The van der Waals surface area contributed by atoms with E-state index in [0.717, 1.165) is 12.8 Å². The monoisotopic (exact) mass is 185 g/mol. The van der Waals surface area contributed by atoms with Gasteiger partial charge in [-0.1, -0.05) is 13.3 Å². The minimum atomic E-state index is 0.270. The van der Waals surface area contributed by atoms with E-state index in [1.807, 2.05) is 0 Å². The third-order valence-electron chi connectivity index (χ3n) is 2.51. The van der Waals surface area contributed by atoms with Gasteiger partial charge in [-0.25, -0.2) is 0 Å². The highest BCUT2D eigenvalue weighted by molar-refractivity contribution is 5.75. The van der Waals surface area contributed by atoms with Gasteiger partial charge in [-0.2, -0.15) is 0 Å². The number of carbonyl (C=O) groups excluding carboxylic acids is 1. The van der Waals surface area contributed by atoms with Crippen molar-refractivity contribution in [2.75, 3.05) is 0 Å². The number of rotatable bonds is 7. The molecule has 0 fully saturated rings. The number of hydrogen-bond acceptors (Lipinski definition) is 2. The van der Waals surface area contributed by atoms with Crippen molar-refractivity contribution in [1.29, 1.82) is 0 Å². The first-order chi connectivity index (χ1) is 6.07. The number of ketones is 1. The quantitative estimate of drug-likeness (QED) is 0.662. The van der Waals surface area contributed by atoms with Crippen LogP contribution in [0, 0.1) is 5.92 Å². The van der Waals surface area contributed by atoms with E-state index in [9.17, 15) is 4.79 Å². The fraction of sp³-hybridized carbons (Fsp3) is 0.909. The van der Waals surface area contributed by atoms with E-state index in [2.05, 4.69) is 13.8 Å². The first-order valence-electron chi connectivity index (χ1n) is 5.33. The smallest absolute Gasteiger partial charge is 0.129 e. The molecule has 0 aromatic carbocycles. The van der Waals surface area contributed by atoms with Gasteiger partial charge in [-0.3, -0.25) is 0 Å². The summed E-state index contributed by atoms with van der Waals surface area (Å²) in [7, 11) is 0. The molecule has 0 aromatic heterocycles. The Balaban J connectivity index is 3.62. The average Bonchev–Trinajstić information content (AvgIpc) is 2.02. The normalized spacial score (nSPS) is 15.4. The Hall–Kier alpha value is -0.370. The van der Waals surface area contributed by atoms with Crippen molar-refractivity contribution >= 4 is 5.78 Å². The highest BCUT2D eigenvalue weighted by Crippen LogP contribution is 2.17. The second kappa shape index (κ2) is 7.07. The highest BCUT2D eigenvalue weighted by atomic mass is 16.1. The van der Waals surface area contributed by atoms with Crippen LogP contribution in [0.15, 0.2) is 0 Å². The Morgan fingerprint density at radius 2 is 2.00 bits per heavy atom. The van der Waals surface area contributed by atoms with Crippen LogP contribution in [-0.4, -0.2) is 11.8 Å². The van der Waals surface area contributed by atoms with Gasteiger partial charge in [0.15, 0.2) is 0 Å². The molecule has 0 aliphatic heterocycles. The molecule has 0 saturated carbocycles. The van der Waals surface area contributed by atoms with Crippen LogP contribution in [0.3, 0.4) is 0 Å². The maximum atomic E-state index is 10.7. The van der Waals surface area contributed by atoms with E-state index in [1.54, 1.807) is 6.92 Å². The van der Waals surface area contributed by atoms with Gasteiger partial charge in [0.2, 0.25) is 0 Å². The van der Waals surface area contributed by atoms with Gasteiger partial charge in [-0.15, -0.1) is 0 Å². The molecule has 2 atom stereocenters. The van der Waals surface area contributed by atoms with Gasteiger partial charge in [-0.05, 0) is 39.0 Å². The summed E-state index contributed by atoms with van der Waals surface area (Å²) >= 11 is 0. The third-order valence-corrected chi connectivity index (χ3v) is 2.51. The first kappa shape index (κ1) is 12.6. The summed E-state index contributed by atoms with van der Waals surface area (Å²) in [5.74, 6) is 0.893. The van der Waals surface area contributed by atoms with Gasteiger partial charge < -0.3 is 10.5 Å². The van der Waals surface area contributed by atoms with E-state index >= 15 is 0 Å². The van der Waals surface area contributed by atoms with Crippen molar-refractivity contribution in [2.24, 2.45) is 11.7 Å². The molecule has 0 amide bonds. The van der Waals surface area contributed by atoms with E-state index in [0.29, 0.717) is 18.1 Å². The summed E-state index contributed by atoms with van der Waals surface area (Å²) in [6.07, 6.45) is 5.20. The summed E-state index contributed by atoms with van der Waals surface area (Å²) in [6, 6.07) is 0.270. The molecule has 0 aliphatic carbocycles. The molecule has 2 N–H and O–H groups in total. The molecule has 78 valence electrons. The Kier molecular flexibility index (Phi) is 6.87. The summed E-state index contributed by atoms with van der Waals surface area (Å²) in [5.41, 5.74) is 5.85. The maximum absolute atomic E-state index is 10.7. The Morgan fingerprint density at radius 1 is 1.38 bits per heavy atom. The lowest BCUT2D eigenvalue weighted by molar-refractivity contribution is -0.117. The minimum Gasteiger partial charge on any atom is -0.328 e. The zero-order valence-corrected chi connectivity index (χ0v) is 9.18. The zero-order valence-electron chi connectivity index (χ0n) is 9.18. The van der Waals surface area contributed by atoms with E-state index < -0.39 is 0 Å². The summed E-state index contributed by atoms with van der Waals surface area (Å²) in [5, 5.41) is 0. The fourth-order valence-corrected chi connectivity index (χ4v) is 1.65. The van der Waals surface area contributed by atoms with E-state index in [1.165, 1.54) is 12.8 Å². The Labute approximate surface area is 81.9 Å². The SMILES string of the molecule is CCCC(CCCC(C)=O)C(C)N. The Bertz CT molecular complexity index is 143. The van der Waals surface area contributed by atoms with Crippen LogP contribution in [0.1, 0.15) is 52.9 Å². The molecule has 0 saturated heterocycles. The highest BCUT2D eigenvalue weighted by Gasteiger charge is 2.12. The average molecular weight is 185 g/mol. The third kappa shape index (κ3) is 6.76. The predicted octanol–water partition coefficient (Wildman–Crippen LogP) is 2.51. The molecule has 0 aromatic rings. The molecule has 0 bridgehead atoms. The standard InChI is InChI=1S/C11H23NO/c1-4-6-11(10(3)12)8-5-7-9(2)13/h10-11H,4-8,12H2,1-3H3. The lowest BCUT2D eigenvalue weighted by atomic mass is 9.91.